The fourth-order valence-electron chi connectivity index (χ4n) is 3.11. The van der Waals surface area contributed by atoms with Gasteiger partial charge in [0.15, 0.2) is 9.66 Å². The van der Waals surface area contributed by atoms with E-state index >= 15 is 0 Å². The maximum Gasteiger partial charge on any atom is 0.155 e. The molecule has 2 aromatic carbocycles. The van der Waals surface area contributed by atoms with E-state index in [0.29, 0.717) is 0 Å². The van der Waals surface area contributed by atoms with Crippen molar-refractivity contribution in [3.8, 4) is 21.1 Å². The fourth-order valence-corrected chi connectivity index (χ4v) is 5.17. The Hall–Kier alpha value is -2.04. The van der Waals surface area contributed by atoms with Crippen molar-refractivity contribution < 1.29 is 0 Å². The summed E-state index contributed by atoms with van der Waals surface area (Å²) < 4.78 is 0. The van der Waals surface area contributed by atoms with Gasteiger partial charge in [-0.15, -0.1) is 0 Å². The molecule has 0 aliphatic rings. The van der Waals surface area contributed by atoms with E-state index in [9.17, 15) is 0 Å². The zero-order chi connectivity index (χ0) is 20.1. The number of thiazole rings is 2. The zero-order valence-corrected chi connectivity index (χ0v) is 19.0. The van der Waals surface area contributed by atoms with Crippen LogP contribution in [0.5, 0.6) is 0 Å². The molecule has 4 aromatic rings. The molecule has 0 aliphatic carbocycles. The van der Waals surface area contributed by atoms with Gasteiger partial charge in [-0.05, 0) is 22.0 Å². The molecule has 4 rings (SSSR count). The molecule has 0 amide bonds. The summed E-state index contributed by atoms with van der Waals surface area (Å²) in [5, 5.41) is 2.09. The highest BCUT2D eigenvalue weighted by Crippen LogP contribution is 2.37. The van der Waals surface area contributed by atoms with Crippen LogP contribution in [0, 0.1) is 0 Å². The molecule has 144 valence electrons. The Labute approximate surface area is 175 Å². The first-order chi connectivity index (χ1) is 13.1. The van der Waals surface area contributed by atoms with Crippen LogP contribution < -0.4 is 0 Å². The van der Waals surface area contributed by atoms with Gasteiger partial charge in [0.1, 0.15) is 10.0 Å². The number of hydrogen-bond donors (Lipinski definition) is 0. The predicted molar refractivity (Wildman–Crippen MR) is 124 cm³/mol. The van der Waals surface area contributed by atoms with E-state index in [-0.39, 0.29) is 10.8 Å². The van der Waals surface area contributed by atoms with Crippen molar-refractivity contribution in [1.82, 2.24) is 9.97 Å². The Balaban J connectivity index is 1.61. The third-order valence-corrected chi connectivity index (χ3v) is 7.10. The van der Waals surface area contributed by atoms with Crippen molar-refractivity contribution in [2.75, 3.05) is 0 Å². The van der Waals surface area contributed by atoms with Gasteiger partial charge in [-0.25, -0.2) is 9.97 Å². The van der Waals surface area contributed by atoms with Crippen LogP contribution in [-0.2, 0) is 10.8 Å². The van der Waals surface area contributed by atoms with Crippen molar-refractivity contribution in [1.29, 1.82) is 0 Å². The molecule has 0 unspecified atom stereocenters. The highest BCUT2D eigenvalue weighted by molar-refractivity contribution is 7.29. The van der Waals surface area contributed by atoms with Crippen LogP contribution in [0.2, 0.25) is 0 Å². The van der Waals surface area contributed by atoms with Gasteiger partial charge in [0.05, 0.1) is 0 Å². The molecule has 0 saturated heterocycles. The molecule has 0 bridgehead atoms. The van der Waals surface area contributed by atoms with E-state index < -0.39 is 0 Å². The van der Waals surface area contributed by atoms with Crippen LogP contribution in [0.25, 0.3) is 30.8 Å². The van der Waals surface area contributed by atoms with Crippen molar-refractivity contribution in [2.45, 2.75) is 52.4 Å². The van der Waals surface area contributed by atoms with Crippen molar-refractivity contribution >= 4 is 32.3 Å². The monoisotopic (exact) mass is 406 g/mol. The fraction of sp³-hybridized carbons (Fsp3) is 0.333. The Morgan fingerprint density at radius 1 is 0.536 bits per heavy atom. The lowest BCUT2D eigenvalue weighted by Gasteiger charge is -2.18. The maximum atomic E-state index is 4.85. The smallest absolute Gasteiger partial charge is 0.155 e. The number of nitrogens with zero attached hydrogens (tertiary/aromatic N) is 2. The first-order valence-electron chi connectivity index (χ1n) is 9.60. The number of benzene rings is 2. The van der Waals surface area contributed by atoms with Gasteiger partial charge in [0.25, 0.3) is 0 Å². The summed E-state index contributed by atoms with van der Waals surface area (Å²) >= 11 is 3.35. The third kappa shape index (κ3) is 3.76. The molecule has 2 nitrogen and oxygen atoms in total. The minimum absolute atomic E-state index is 0.167. The van der Waals surface area contributed by atoms with Crippen LogP contribution in [0.15, 0.2) is 48.5 Å². The van der Waals surface area contributed by atoms with E-state index in [1.165, 1.54) is 22.3 Å². The molecule has 0 aliphatic heterocycles. The third-order valence-electron chi connectivity index (χ3n) is 4.97. The number of aromatic nitrogens is 2. The van der Waals surface area contributed by atoms with E-state index in [2.05, 4.69) is 90.1 Å². The summed E-state index contributed by atoms with van der Waals surface area (Å²) in [5.41, 5.74) is 5.35. The average Bonchev–Trinajstić information content (AvgIpc) is 3.19. The van der Waals surface area contributed by atoms with Crippen molar-refractivity contribution in [3.05, 3.63) is 59.7 Å². The van der Waals surface area contributed by atoms with E-state index in [4.69, 9.17) is 9.97 Å². The standard InChI is InChI=1S/C24H26N2S2/c1-23(2,3)17-11-7-15(8-12-17)19-25-21-22(27-19)26-20(28-21)16-9-13-18(14-10-16)24(4,5)6/h7-14H,1-6H3. The molecule has 0 fully saturated rings. The van der Waals surface area contributed by atoms with Gasteiger partial charge in [-0.2, -0.15) is 0 Å². The van der Waals surface area contributed by atoms with Crippen LogP contribution >= 0.6 is 22.7 Å². The van der Waals surface area contributed by atoms with E-state index in [1.54, 1.807) is 22.7 Å². The topological polar surface area (TPSA) is 25.8 Å². The molecule has 0 N–H and O–H groups in total. The van der Waals surface area contributed by atoms with Gasteiger partial charge in [0, 0.05) is 11.1 Å². The van der Waals surface area contributed by atoms with Gasteiger partial charge in [-0.1, -0.05) is 113 Å². The number of fused-ring (bicyclic) bond motifs is 1. The van der Waals surface area contributed by atoms with E-state index in [0.717, 1.165) is 19.7 Å². The van der Waals surface area contributed by atoms with Crippen LogP contribution in [0.3, 0.4) is 0 Å². The Bertz CT molecular complexity index is 984. The molecule has 0 saturated carbocycles. The molecule has 2 heterocycles. The van der Waals surface area contributed by atoms with Gasteiger partial charge < -0.3 is 0 Å². The predicted octanol–water partition coefficient (Wildman–Crippen LogP) is 7.68. The lowest BCUT2D eigenvalue weighted by atomic mass is 9.87. The lowest BCUT2D eigenvalue weighted by Crippen LogP contribution is -2.10. The first-order valence-corrected chi connectivity index (χ1v) is 11.2. The molecule has 4 heteroatoms. The summed E-state index contributed by atoms with van der Waals surface area (Å²) in [5.74, 6) is 0. The summed E-state index contributed by atoms with van der Waals surface area (Å²) in [6.07, 6.45) is 0. The minimum atomic E-state index is 0.167. The molecule has 0 radical (unpaired) electrons. The maximum absolute atomic E-state index is 4.85. The van der Waals surface area contributed by atoms with Crippen LogP contribution in [0.1, 0.15) is 52.7 Å². The van der Waals surface area contributed by atoms with Crippen LogP contribution in [0.4, 0.5) is 0 Å². The largest absolute Gasteiger partial charge is 0.223 e. The van der Waals surface area contributed by atoms with Gasteiger partial charge in [-0.3, -0.25) is 0 Å². The second kappa shape index (κ2) is 6.78. The van der Waals surface area contributed by atoms with Crippen molar-refractivity contribution in [2.24, 2.45) is 0 Å². The normalized spacial score (nSPS) is 12.6. The quantitative estimate of drug-likeness (QED) is 0.341. The highest BCUT2D eigenvalue weighted by Gasteiger charge is 2.17. The lowest BCUT2D eigenvalue weighted by molar-refractivity contribution is 0.590. The van der Waals surface area contributed by atoms with Crippen molar-refractivity contribution in [3.63, 3.8) is 0 Å². The van der Waals surface area contributed by atoms with Gasteiger partial charge in [0.2, 0.25) is 0 Å². The summed E-state index contributed by atoms with van der Waals surface area (Å²) in [6, 6.07) is 17.5. The number of rotatable bonds is 2. The molecule has 28 heavy (non-hydrogen) atoms. The first kappa shape index (κ1) is 19.3. The Morgan fingerprint density at radius 3 is 1.14 bits per heavy atom. The molecule has 0 atom stereocenters. The Morgan fingerprint density at radius 2 is 0.857 bits per heavy atom. The molecule has 2 aromatic heterocycles. The number of hydrogen-bond acceptors (Lipinski definition) is 4. The second-order valence-corrected chi connectivity index (χ2v) is 11.3. The SMILES string of the molecule is CC(C)(C)c1ccc(-c2nc3sc(-c4ccc(C(C)(C)C)cc4)nc3s2)cc1. The second-order valence-electron chi connectivity index (χ2n) is 9.30. The average molecular weight is 407 g/mol. The molecule has 0 spiro atoms. The zero-order valence-electron chi connectivity index (χ0n) is 17.3. The Kier molecular flexibility index (Phi) is 4.67. The minimum Gasteiger partial charge on any atom is -0.223 e. The molecular weight excluding hydrogens is 380 g/mol. The van der Waals surface area contributed by atoms with Crippen LogP contribution in [-0.4, -0.2) is 9.97 Å². The summed E-state index contributed by atoms with van der Waals surface area (Å²) in [6.45, 7) is 13.4. The highest BCUT2D eigenvalue weighted by atomic mass is 32.1. The summed E-state index contributed by atoms with van der Waals surface area (Å²) in [7, 11) is 0. The summed E-state index contributed by atoms with van der Waals surface area (Å²) in [4.78, 5) is 11.8. The van der Waals surface area contributed by atoms with E-state index in [1.807, 2.05) is 0 Å². The molecular formula is C24H26N2S2. The van der Waals surface area contributed by atoms with Gasteiger partial charge >= 0.3 is 0 Å².